The molecule has 0 radical (unpaired) electrons. The third-order valence-corrected chi connectivity index (χ3v) is 4.55. The molecule has 110 valence electrons. The highest BCUT2D eigenvalue weighted by atomic mass is 32.1. The molecule has 0 unspecified atom stereocenters. The molecule has 0 aliphatic heterocycles. The molecule has 1 aromatic carbocycles. The van der Waals surface area contributed by atoms with Gasteiger partial charge < -0.3 is 0 Å². The number of imidazole rings is 1. The van der Waals surface area contributed by atoms with Crippen molar-refractivity contribution in [3.8, 4) is 28.6 Å². The van der Waals surface area contributed by atoms with Gasteiger partial charge in [-0.2, -0.15) is 5.26 Å². The summed E-state index contributed by atoms with van der Waals surface area (Å²) >= 11 is 1.59. The van der Waals surface area contributed by atoms with Crippen molar-refractivity contribution >= 4 is 16.3 Å². The first-order chi connectivity index (χ1) is 11.4. The molecule has 3 heterocycles. The summed E-state index contributed by atoms with van der Waals surface area (Å²) in [5.41, 5.74) is 4.97. The Labute approximate surface area is 137 Å². The van der Waals surface area contributed by atoms with Crippen molar-refractivity contribution < 1.29 is 0 Å². The van der Waals surface area contributed by atoms with Gasteiger partial charge in [-0.15, -0.1) is 11.3 Å². The maximum atomic E-state index is 9.27. The lowest BCUT2D eigenvalue weighted by Gasteiger charge is -2.04. The highest BCUT2D eigenvalue weighted by Crippen LogP contribution is 2.32. The lowest BCUT2D eigenvalue weighted by molar-refractivity contribution is 1.08. The van der Waals surface area contributed by atoms with E-state index in [-0.39, 0.29) is 0 Å². The predicted octanol–water partition coefficient (Wildman–Crippen LogP) is 4.19. The first kappa shape index (κ1) is 13.7. The van der Waals surface area contributed by atoms with Crippen molar-refractivity contribution in [3.63, 3.8) is 0 Å². The summed E-state index contributed by atoms with van der Waals surface area (Å²) in [5, 5.41) is 11.3. The van der Waals surface area contributed by atoms with E-state index in [1.807, 2.05) is 42.5 Å². The Hall–Kier alpha value is -2.97. The smallest absolute Gasteiger partial charge is 0.194 e. The van der Waals surface area contributed by atoms with Crippen molar-refractivity contribution in [2.24, 2.45) is 0 Å². The highest BCUT2D eigenvalue weighted by molar-refractivity contribution is 7.15. The Balaban J connectivity index is 1.99. The number of hydrogen-bond donors (Lipinski definition) is 0. The maximum absolute atomic E-state index is 9.27. The minimum atomic E-state index is 0.320. The first-order valence-electron chi connectivity index (χ1n) is 7.20. The third-order valence-electron chi connectivity index (χ3n) is 3.73. The summed E-state index contributed by atoms with van der Waals surface area (Å²) in [6.45, 7) is 0. The van der Waals surface area contributed by atoms with Crippen LogP contribution in [0.1, 0.15) is 5.69 Å². The minimum Gasteiger partial charge on any atom is -0.286 e. The van der Waals surface area contributed by atoms with E-state index in [0.717, 1.165) is 33.2 Å². The number of hydrogen-bond acceptors (Lipinski definition) is 4. The third kappa shape index (κ3) is 2.30. The van der Waals surface area contributed by atoms with Crippen LogP contribution in [0.2, 0.25) is 0 Å². The lowest BCUT2D eigenvalue weighted by Crippen LogP contribution is -1.95. The van der Waals surface area contributed by atoms with E-state index in [1.165, 1.54) is 0 Å². The zero-order chi connectivity index (χ0) is 15.6. The molecule has 4 nitrogen and oxygen atoms in total. The van der Waals surface area contributed by atoms with Crippen LogP contribution in [-0.2, 0) is 6.42 Å². The molecule has 4 rings (SSSR count). The molecule has 0 saturated heterocycles. The van der Waals surface area contributed by atoms with E-state index in [1.54, 1.807) is 23.7 Å². The number of nitriles is 1. The maximum Gasteiger partial charge on any atom is 0.194 e. The fourth-order valence-electron chi connectivity index (χ4n) is 2.70. The molecule has 23 heavy (non-hydrogen) atoms. The van der Waals surface area contributed by atoms with Crippen LogP contribution in [0.4, 0.5) is 0 Å². The molecule has 0 bridgehead atoms. The van der Waals surface area contributed by atoms with Crippen LogP contribution in [0, 0.1) is 11.3 Å². The second-order valence-corrected chi connectivity index (χ2v) is 5.92. The molecule has 5 heteroatoms. The van der Waals surface area contributed by atoms with Gasteiger partial charge in [0, 0.05) is 28.9 Å². The fraction of sp³-hybridized carbons (Fsp3) is 0.0556. The van der Waals surface area contributed by atoms with E-state index < -0.39 is 0 Å². The van der Waals surface area contributed by atoms with Gasteiger partial charge in [-0.3, -0.25) is 9.38 Å². The number of aromatic nitrogens is 3. The van der Waals surface area contributed by atoms with E-state index in [0.29, 0.717) is 6.42 Å². The Morgan fingerprint density at radius 1 is 1.04 bits per heavy atom. The molecule has 0 spiro atoms. The summed E-state index contributed by atoms with van der Waals surface area (Å²) in [4.78, 5) is 9.74. The molecule has 0 N–H and O–H groups in total. The zero-order valence-corrected chi connectivity index (χ0v) is 13.0. The molecular weight excluding hydrogens is 304 g/mol. The standard InChI is InChI=1S/C18H12N4S/c19-9-6-15-17(14-4-2-1-3-5-14)21-18-22(15)16(12-23-18)13-7-10-20-11-8-13/h1-5,7-8,10-12H,6H2. The van der Waals surface area contributed by atoms with Crippen LogP contribution >= 0.6 is 11.3 Å². The minimum absolute atomic E-state index is 0.320. The predicted molar refractivity (Wildman–Crippen MR) is 91.1 cm³/mol. The summed E-state index contributed by atoms with van der Waals surface area (Å²) in [5.74, 6) is 0. The first-order valence-corrected chi connectivity index (χ1v) is 8.08. The molecule has 0 aliphatic rings. The van der Waals surface area contributed by atoms with Gasteiger partial charge in [0.2, 0.25) is 0 Å². The topological polar surface area (TPSA) is 54.0 Å². The number of rotatable bonds is 3. The Morgan fingerprint density at radius 3 is 2.57 bits per heavy atom. The highest BCUT2D eigenvalue weighted by Gasteiger charge is 2.18. The van der Waals surface area contributed by atoms with Gasteiger partial charge in [-0.05, 0) is 12.1 Å². The van der Waals surface area contributed by atoms with Gasteiger partial charge >= 0.3 is 0 Å². The van der Waals surface area contributed by atoms with Gasteiger partial charge in [0.25, 0.3) is 0 Å². The van der Waals surface area contributed by atoms with E-state index in [9.17, 15) is 5.26 Å². The van der Waals surface area contributed by atoms with Crippen LogP contribution in [0.5, 0.6) is 0 Å². The SMILES string of the molecule is N#CCc1c(-c2ccccc2)nc2scc(-c3ccncc3)n12. The molecule has 3 aromatic heterocycles. The van der Waals surface area contributed by atoms with Crippen molar-refractivity contribution in [2.75, 3.05) is 0 Å². The summed E-state index contributed by atoms with van der Waals surface area (Å²) in [6.07, 6.45) is 3.87. The van der Waals surface area contributed by atoms with Crippen molar-refractivity contribution in [1.29, 1.82) is 5.26 Å². The molecule has 0 aliphatic carbocycles. The van der Waals surface area contributed by atoms with Crippen LogP contribution in [0.25, 0.3) is 27.5 Å². The monoisotopic (exact) mass is 316 g/mol. The Morgan fingerprint density at radius 2 is 1.83 bits per heavy atom. The summed E-state index contributed by atoms with van der Waals surface area (Å²) in [7, 11) is 0. The second kappa shape index (κ2) is 5.67. The van der Waals surface area contributed by atoms with E-state index >= 15 is 0 Å². The van der Waals surface area contributed by atoms with Gasteiger partial charge in [0.05, 0.1) is 29.6 Å². The Bertz CT molecular complexity index is 994. The van der Waals surface area contributed by atoms with Gasteiger partial charge in [-0.25, -0.2) is 4.98 Å². The molecule has 0 atom stereocenters. The number of fused-ring (bicyclic) bond motifs is 1. The van der Waals surface area contributed by atoms with Crippen LogP contribution in [0.15, 0.2) is 60.2 Å². The zero-order valence-electron chi connectivity index (χ0n) is 12.2. The number of thiazole rings is 1. The number of pyridine rings is 1. The fourth-order valence-corrected chi connectivity index (χ4v) is 3.62. The van der Waals surface area contributed by atoms with Crippen molar-refractivity contribution in [3.05, 3.63) is 65.9 Å². The molecule has 0 amide bonds. The number of benzene rings is 1. The number of nitrogens with zero attached hydrogens (tertiary/aromatic N) is 4. The van der Waals surface area contributed by atoms with Gasteiger partial charge in [0.15, 0.2) is 4.96 Å². The molecule has 0 saturated carbocycles. The average Bonchev–Trinajstić information content (AvgIpc) is 3.17. The van der Waals surface area contributed by atoms with Crippen LogP contribution in [-0.4, -0.2) is 14.4 Å². The quantitative estimate of drug-likeness (QED) is 0.569. The molecular formula is C18H12N4S. The molecule has 0 fully saturated rings. The lowest BCUT2D eigenvalue weighted by atomic mass is 10.1. The van der Waals surface area contributed by atoms with E-state index in [4.69, 9.17) is 4.98 Å². The normalized spacial score (nSPS) is 10.7. The largest absolute Gasteiger partial charge is 0.286 e. The molecule has 4 aromatic rings. The van der Waals surface area contributed by atoms with Gasteiger partial charge in [0.1, 0.15) is 0 Å². The van der Waals surface area contributed by atoms with Crippen LogP contribution in [0.3, 0.4) is 0 Å². The van der Waals surface area contributed by atoms with E-state index in [2.05, 4.69) is 20.8 Å². The van der Waals surface area contributed by atoms with Crippen molar-refractivity contribution in [2.45, 2.75) is 6.42 Å². The van der Waals surface area contributed by atoms with Gasteiger partial charge in [-0.1, -0.05) is 30.3 Å². The second-order valence-electron chi connectivity index (χ2n) is 5.08. The average molecular weight is 316 g/mol. The van der Waals surface area contributed by atoms with Crippen LogP contribution < -0.4 is 0 Å². The summed E-state index contributed by atoms with van der Waals surface area (Å²) in [6, 6.07) is 16.2. The summed E-state index contributed by atoms with van der Waals surface area (Å²) < 4.78 is 2.09. The van der Waals surface area contributed by atoms with Crippen molar-refractivity contribution in [1.82, 2.24) is 14.4 Å². The Kier molecular flexibility index (Phi) is 3.37.